The predicted octanol–water partition coefficient (Wildman–Crippen LogP) is 5.54. The maximum absolute atomic E-state index is 14.4. The number of amides is 2. The van der Waals surface area contributed by atoms with Gasteiger partial charge in [0.05, 0.1) is 36.6 Å². The quantitative estimate of drug-likeness (QED) is 0.404. The number of hydroxylamine groups is 2. The SMILES string of the molecule is CC(C)(C)OC(=O)N1CCN(c2cnc3c(c2)c(C2C=CN(Cc4cccc(Cl)c4F)C(=O)C2)cn3S)CCO1. The summed E-state index contributed by atoms with van der Waals surface area (Å²) in [5, 5.41) is 2.16. The van der Waals surface area contributed by atoms with Crippen LogP contribution in [0.3, 0.4) is 0 Å². The van der Waals surface area contributed by atoms with Crippen LogP contribution in [0.15, 0.2) is 48.9 Å². The molecule has 0 spiro atoms. The second-order valence-electron chi connectivity index (χ2n) is 10.8. The second-order valence-corrected chi connectivity index (χ2v) is 11.6. The number of anilines is 1. The third kappa shape index (κ3) is 6.06. The molecule has 0 bridgehead atoms. The lowest BCUT2D eigenvalue weighted by molar-refractivity contribution is -0.137. The number of carbonyl (C=O) groups excluding carboxylic acids is 2. The number of ether oxygens (including phenoxy) is 1. The third-order valence-corrected chi connectivity index (χ3v) is 7.37. The maximum atomic E-state index is 14.4. The fraction of sp³-hybridized carbons (Fsp3) is 0.393. The van der Waals surface area contributed by atoms with E-state index in [4.69, 9.17) is 21.2 Å². The van der Waals surface area contributed by atoms with E-state index in [9.17, 15) is 14.0 Å². The monoisotopic (exact) mass is 587 g/mol. The van der Waals surface area contributed by atoms with Gasteiger partial charge in [-0.3, -0.25) is 13.6 Å². The van der Waals surface area contributed by atoms with Crippen LogP contribution in [0.25, 0.3) is 11.0 Å². The van der Waals surface area contributed by atoms with Gasteiger partial charge in [-0.1, -0.05) is 42.6 Å². The van der Waals surface area contributed by atoms with E-state index < -0.39 is 17.5 Å². The summed E-state index contributed by atoms with van der Waals surface area (Å²) in [5.74, 6) is -0.837. The Labute approximate surface area is 242 Å². The Morgan fingerprint density at radius 3 is 2.83 bits per heavy atom. The average Bonchev–Trinajstić information content (AvgIpc) is 3.06. The van der Waals surface area contributed by atoms with E-state index in [0.717, 1.165) is 16.6 Å². The number of carbonyl (C=O) groups is 2. The zero-order valence-electron chi connectivity index (χ0n) is 22.5. The summed E-state index contributed by atoms with van der Waals surface area (Å²) in [6.07, 6.45) is 6.99. The Balaban J connectivity index is 1.34. The number of thiol groups is 1. The summed E-state index contributed by atoms with van der Waals surface area (Å²) in [7, 11) is 0. The number of nitrogens with zero attached hydrogens (tertiary/aromatic N) is 5. The third-order valence-electron chi connectivity index (χ3n) is 6.77. The number of rotatable bonds is 4. The molecule has 2 aliphatic heterocycles. The van der Waals surface area contributed by atoms with Crippen LogP contribution in [0.4, 0.5) is 14.9 Å². The highest BCUT2D eigenvalue weighted by Crippen LogP contribution is 2.35. The molecule has 212 valence electrons. The van der Waals surface area contributed by atoms with Gasteiger partial charge in [-0.25, -0.2) is 14.2 Å². The Morgan fingerprint density at radius 2 is 2.08 bits per heavy atom. The van der Waals surface area contributed by atoms with Crippen LogP contribution in [0.1, 0.15) is 44.2 Å². The molecule has 0 aliphatic carbocycles. The van der Waals surface area contributed by atoms with Gasteiger partial charge in [0, 0.05) is 48.8 Å². The smallest absolute Gasteiger partial charge is 0.434 e. The molecule has 2 aliphatic rings. The highest BCUT2D eigenvalue weighted by molar-refractivity contribution is 7.78. The van der Waals surface area contributed by atoms with Gasteiger partial charge in [0.2, 0.25) is 5.91 Å². The highest BCUT2D eigenvalue weighted by atomic mass is 35.5. The first kappa shape index (κ1) is 28.3. The van der Waals surface area contributed by atoms with Gasteiger partial charge in [-0.2, -0.15) is 5.06 Å². The molecule has 0 radical (unpaired) electrons. The van der Waals surface area contributed by atoms with Crippen molar-refractivity contribution in [3.8, 4) is 0 Å². The first-order chi connectivity index (χ1) is 19.0. The normalized spacial score (nSPS) is 18.4. The van der Waals surface area contributed by atoms with Crippen molar-refractivity contribution < 1.29 is 23.6 Å². The molecule has 12 heteroatoms. The van der Waals surface area contributed by atoms with Crippen LogP contribution in [0, 0.1) is 5.82 Å². The zero-order chi connectivity index (χ0) is 28.6. The summed E-state index contributed by atoms with van der Waals surface area (Å²) < 4.78 is 21.5. The Bertz CT molecular complexity index is 1470. The van der Waals surface area contributed by atoms with Crippen molar-refractivity contribution in [2.24, 2.45) is 0 Å². The van der Waals surface area contributed by atoms with Crippen LogP contribution in [-0.4, -0.2) is 62.8 Å². The molecule has 4 heterocycles. The van der Waals surface area contributed by atoms with Crippen LogP contribution in [0.5, 0.6) is 0 Å². The molecule has 3 aromatic rings. The molecular formula is C28H31ClFN5O4S. The summed E-state index contributed by atoms with van der Waals surface area (Å²) in [6, 6.07) is 6.80. The van der Waals surface area contributed by atoms with Crippen LogP contribution in [0.2, 0.25) is 5.02 Å². The summed E-state index contributed by atoms with van der Waals surface area (Å²) >= 11 is 10.5. The summed E-state index contributed by atoms with van der Waals surface area (Å²) in [4.78, 5) is 39.4. The molecule has 5 rings (SSSR count). The van der Waals surface area contributed by atoms with Crippen molar-refractivity contribution in [1.29, 1.82) is 0 Å². The first-order valence-electron chi connectivity index (χ1n) is 13.0. The number of fused-ring (bicyclic) bond motifs is 1. The van der Waals surface area contributed by atoms with E-state index in [2.05, 4.69) is 22.7 Å². The van der Waals surface area contributed by atoms with Crippen molar-refractivity contribution in [1.82, 2.24) is 18.9 Å². The fourth-order valence-electron chi connectivity index (χ4n) is 4.81. The topological polar surface area (TPSA) is 80.1 Å². The molecule has 2 aromatic heterocycles. The molecule has 1 aromatic carbocycles. The molecule has 1 unspecified atom stereocenters. The van der Waals surface area contributed by atoms with E-state index in [1.165, 1.54) is 16.0 Å². The van der Waals surface area contributed by atoms with Gasteiger partial charge in [-0.15, -0.1) is 0 Å². The number of benzene rings is 1. The second kappa shape index (κ2) is 11.3. The minimum Gasteiger partial charge on any atom is -0.442 e. The molecule has 1 atom stereocenters. The van der Waals surface area contributed by atoms with Crippen molar-refractivity contribution in [2.75, 3.05) is 31.1 Å². The molecule has 40 heavy (non-hydrogen) atoms. The van der Waals surface area contributed by atoms with Crippen molar-refractivity contribution in [3.63, 3.8) is 0 Å². The van der Waals surface area contributed by atoms with Gasteiger partial charge in [0.25, 0.3) is 0 Å². The highest BCUT2D eigenvalue weighted by Gasteiger charge is 2.28. The molecule has 1 saturated heterocycles. The van der Waals surface area contributed by atoms with E-state index in [1.807, 2.05) is 39.1 Å². The number of aromatic nitrogens is 2. The van der Waals surface area contributed by atoms with Crippen LogP contribution < -0.4 is 4.90 Å². The van der Waals surface area contributed by atoms with Gasteiger partial charge in [0.15, 0.2) is 0 Å². The van der Waals surface area contributed by atoms with E-state index in [-0.39, 0.29) is 29.8 Å². The lowest BCUT2D eigenvalue weighted by Crippen LogP contribution is -2.38. The van der Waals surface area contributed by atoms with Gasteiger partial charge < -0.3 is 14.5 Å². The lowest BCUT2D eigenvalue weighted by Gasteiger charge is -2.26. The molecular weight excluding hydrogens is 557 g/mol. The minimum absolute atomic E-state index is 0.0298. The van der Waals surface area contributed by atoms with Crippen molar-refractivity contribution >= 4 is 53.1 Å². The Kier molecular flexibility index (Phi) is 7.98. The summed E-state index contributed by atoms with van der Waals surface area (Å²) in [6.45, 7) is 7.26. The fourth-order valence-corrected chi connectivity index (χ4v) is 5.29. The van der Waals surface area contributed by atoms with Crippen molar-refractivity contribution in [2.45, 2.75) is 45.3 Å². The average molecular weight is 588 g/mol. The summed E-state index contributed by atoms with van der Waals surface area (Å²) in [5.41, 5.74) is 2.20. The Hall–Kier alpha value is -3.28. The molecule has 0 N–H and O–H groups in total. The van der Waals surface area contributed by atoms with Crippen molar-refractivity contribution in [3.05, 3.63) is 70.9 Å². The van der Waals surface area contributed by atoms with Crippen LogP contribution >= 0.6 is 24.4 Å². The zero-order valence-corrected chi connectivity index (χ0v) is 24.2. The minimum atomic E-state index is -0.616. The number of halogens is 2. The lowest BCUT2D eigenvalue weighted by atomic mass is 9.93. The largest absolute Gasteiger partial charge is 0.442 e. The van der Waals surface area contributed by atoms with E-state index in [1.54, 1.807) is 28.5 Å². The maximum Gasteiger partial charge on any atom is 0.434 e. The Morgan fingerprint density at radius 1 is 1.27 bits per heavy atom. The molecule has 9 nitrogen and oxygen atoms in total. The van der Waals surface area contributed by atoms with Gasteiger partial charge >= 0.3 is 6.09 Å². The van der Waals surface area contributed by atoms with Gasteiger partial charge in [0.1, 0.15) is 17.1 Å². The van der Waals surface area contributed by atoms with Gasteiger partial charge in [-0.05, 0) is 38.5 Å². The standard InChI is InChI=1S/C28H31ClFN5O4S/c1-28(2,3)39-27(37)34-10-9-32(11-12-38-34)20-14-21-22(17-35(40)26(21)31-15-20)18-7-8-33(24(36)13-18)16-19-5-4-6-23(29)25(19)30/h4-8,14-15,17-18,40H,9-13,16H2,1-3H3. The number of hydrogen-bond donors (Lipinski definition) is 1. The predicted molar refractivity (Wildman–Crippen MR) is 154 cm³/mol. The van der Waals surface area contributed by atoms with E-state index >= 15 is 0 Å². The number of allylic oxidation sites excluding steroid dienone is 1. The number of pyridine rings is 1. The molecule has 1 fully saturated rings. The molecule has 0 saturated carbocycles. The van der Waals surface area contributed by atoms with E-state index in [0.29, 0.717) is 37.5 Å². The first-order valence-corrected chi connectivity index (χ1v) is 13.8. The molecule has 2 amide bonds. The van der Waals surface area contributed by atoms with Crippen LogP contribution in [-0.2, 0) is 20.9 Å². The number of hydrogen-bond acceptors (Lipinski definition) is 7.